The standard InChI is InChI=1S/C19H19F4NO4S2/c1-28-18(25)16(11-29-14-4-3-5-15(10-14)30(2,26)27)24-17(19(21,22)23)12-6-8-13(20)9-7-12/h3-10,16-17,24H,11H2,1-2H3. The van der Waals surface area contributed by atoms with Crippen LogP contribution in [0.4, 0.5) is 17.6 Å². The fourth-order valence-corrected chi connectivity index (χ4v) is 4.25. The zero-order chi connectivity index (χ0) is 22.5. The number of benzene rings is 2. The van der Waals surface area contributed by atoms with Crippen molar-refractivity contribution in [2.24, 2.45) is 0 Å². The van der Waals surface area contributed by atoms with Crippen molar-refractivity contribution in [1.82, 2.24) is 5.32 Å². The molecule has 0 aromatic heterocycles. The number of hydrogen-bond donors (Lipinski definition) is 1. The van der Waals surface area contributed by atoms with Gasteiger partial charge in [-0.05, 0) is 35.9 Å². The number of halogens is 4. The Morgan fingerprint density at radius 3 is 2.33 bits per heavy atom. The van der Waals surface area contributed by atoms with Crippen molar-refractivity contribution in [2.45, 2.75) is 28.1 Å². The highest BCUT2D eigenvalue weighted by atomic mass is 32.2. The molecule has 0 aliphatic carbocycles. The summed E-state index contributed by atoms with van der Waals surface area (Å²) >= 11 is 0.998. The Morgan fingerprint density at radius 1 is 1.17 bits per heavy atom. The van der Waals surface area contributed by atoms with Crippen molar-refractivity contribution in [1.29, 1.82) is 0 Å². The number of carbonyl (C=O) groups is 1. The third kappa shape index (κ3) is 6.71. The Kier molecular flexibility index (Phi) is 7.89. The summed E-state index contributed by atoms with van der Waals surface area (Å²) in [5.74, 6) is -1.77. The molecule has 1 N–H and O–H groups in total. The average molecular weight is 465 g/mol. The number of thioether (sulfide) groups is 1. The first-order valence-corrected chi connectivity index (χ1v) is 11.4. The van der Waals surface area contributed by atoms with Gasteiger partial charge in [-0.15, -0.1) is 11.8 Å². The number of esters is 1. The van der Waals surface area contributed by atoms with Gasteiger partial charge < -0.3 is 4.74 Å². The van der Waals surface area contributed by atoms with Gasteiger partial charge in [0, 0.05) is 16.9 Å². The van der Waals surface area contributed by atoms with E-state index in [2.05, 4.69) is 10.1 Å². The van der Waals surface area contributed by atoms with Crippen molar-refractivity contribution >= 4 is 27.6 Å². The Labute approximate surface area is 175 Å². The van der Waals surface area contributed by atoms with Crippen LogP contribution in [0.15, 0.2) is 58.3 Å². The van der Waals surface area contributed by atoms with Crippen molar-refractivity contribution in [3.8, 4) is 0 Å². The molecule has 2 aromatic rings. The number of methoxy groups -OCH3 is 1. The zero-order valence-electron chi connectivity index (χ0n) is 15.9. The van der Waals surface area contributed by atoms with Crippen LogP contribution in [0.1, 0.15) is 11.6 Å². The second kappa shape index (κ2) is 9.80. The maximum absolute atomic E-state index is 13.6. The second-order valence-electron chi connectivity index (χ2n) is 6.33. The van der Waals surface area contributed by atoms with Gasteiger partial charge in [0.05, 0.1) is 12.0 Å². The van der Waals surface area contributed by atoms with E-state index >= 15 is 0 Å². The van der Waals surface area contributed by atoms with Gasteiger partial charge >= 0.3 is 12.1 Å². The minimum atomic E-state index is -4.76. The molecular formula is C19H19F4NO4S2. The largest absolute Gasteiger partial charge is 0.468 e. The number of hydrogen-bond acceptors (Lipinski definition) is 6. The molecule has 0 aliphatic heterocycles. The van der Waals surface area contributed by atoms with Crippen LogP contribution in [-0.4, -0.2) is 45.7 Å². The third-order valence-corrected chi connectivity index (χ3v) is 6.23. The molecule has 0 aliphatic rings. The van der Waals surface area contributed by atoms with Crippen molar-refractivity contribution in [3.63, 3.8) is 0 Å². The number of nitrogens with one attached hydrogen (secondary N) is 1. The summed E-state index contributed by atoms with van der Waals surface area (Å²) in [6.45, 7) is 0. The van der Waals surface area contributed by atoms with E-state index < -0.39 is 39.9 Å². The smallest absolute Gasteiger partial charge is 0.407 e. The molecule has 0 amide bonds. The molecule has 0 saturated heterocycles. The van der Waals surface area contributed by atoms with Gasteiger partial charge in [0.25, 0.3) is 0 Å². The Balaban J connectivity index is 2.24. The SMILES string of the molecule is COC(=O)C(CSc1cccc(S(C)(=O)=O)c1)NC(c1ccc(F)cc1)C(F)(F)F. The van der Waals surface area contributed by atoms with Crippen LogP contribution in [0.3, 0.4) is 0 Å². The Bertz CT molecular complexity index is 979. The van der Waals surface area contributed by atoms with Gasteiger partial charge in [0.2, 0.25) is 0 Å². The fraction of sp³-hybridized carbons (Fsp3) is 0.316. The zero-order valence-corrected chi connectivity index (χ0v) is 17.6. The summed E-state index contributed by atoms with van der Waals surface area (Å²) < 4.78 is 81.8. The minimum Gasteiger partial charge on any atom is -0.468 e. The first kappa shape index (κ1) is 24.2. The normalized spacial score (nSPS) is 14.2. The Hall–Kier alpha value is -2.11. The lowest BCUT2D eigenvalue weighted by Crippen LogP contribution is -2.46. The van der Waals surface area contributed by atoms with Gasteiger partial charge in [-0.2, -0.15) is 13.2 Å². The van der Waals surface area contributed by atoms with Crippen LogP contribution >= 0.6 is 11.8 Å². The lowest BCUT2D eigenvalue weighted by Gasteiger charge is -2.26. The highest BCUT2D eigenvalue weighted by Crippen LogP contribution is 2.34. The topological polar surface area (TPSA) is 72.5 Å². The van der Waals surface area contributed by atoms with Crippen LogP contribution < -0.4 is 5.32 Å². The number of ether oxygens (including phenoxy) is 1. The van der Waals surface area contributed by atoms with Crippen molar-refractivity contribution in [3.05, 3.63) is 59.9 Å². The van der Waals surface area contributed by atoms with Gasteiger partial charge in [0.1, 0.15) is 17.9 Å². The van der Waals surface area contributed by atoms with E-state index in [1.54, 1.807) is 6.07 Å². The molecule has 11 heteroatoms. The first-order valence-electron chi connectivity index (χ1n) is 8.51. The molecule has 30 heavy (non-hydrogen) atoms. The number of sulfone groups is 1. The first-order chi connectivity index (χ1) is 13.9. The minimum absolute atomic E-state index is 0.0505. The summed E-state index contributed by atoms with van der Waals surface area (Å²) in [6, 6.07) is 6.01. The highest BCUT2D eigenvalue weighted by Gasteiger charge is 2.43. The lowest BCUT2D eigenvalue weighted by molar-refractivity contribution is -0.163. The van der Waals surface area contributed by atoms with Gasteiger partial charge in [0.15, 0.2) is 9.84 Å². The molecule has 0 heterocycles. The Morgan fingerprint density at radius 2 is 1.80 bits per heavy atom. The maximum atomic E-state index is 13.6. The fourth-order valence-electron chi connectivity index (χ4n) is 2.54. The number of carbonyl (C=O) groups excluding carboxylic acids is 1. The maximum Gasteiger partial charge on any atom is 0.407 e. The molecule has 0 saturated carbocycles. The molecule has 2 atom stereocenters. The highest BCUT2D eigenvalue weighted by molar-refractivity contribution is 7.99. The summed E-state index contributed by atoms with van der Waals surface area (Å²) in [5, 5.41) is 2.23. The lowest BCUT2D eigenvalue weighted by atomic mass is 10.1. The third-order valence-electron chi connectivity index (χ3n) is 4.03. The van der Waals surface area contributed by atoms with E-state index in [1.807, 2.05) is 0 Å². The van der Waals surface area contributed by atoms with E-state index in [9.17, 15) is 30.8 Å². The van der Waals surface area contributed by atoms with Gasteiger partial charge in [-0.3, -0.25) is 10.1 Å². The molecule has 2 aromatic carbocycles. The van der Waals surface area contributed by atoms with E-state index in [1.165, 1.54) is 18.2 Å². The summed E-state index contributed by atoms with van der Waals surface area (Å²) in [4.78, 5) is 12.6. The van der Waals surface area contributed by atoms with Crippen LogP contribution in [-0.2, 0) is 19.4 Å². The molecule has 0 radical (unpaired) electrons. The summed E-state index contributed by atoms with van der Waals surface area (Å²) in [6.07, 6.45) is -3.73. The molecule has 0 spiro atoms. The van der Waals surface area contributed by atoms with Crippen LogP contribution in [0.25, 0.3) is 0 Å². The molecular weight excluding hydrogens is 446 g/mol. The number of alkyl halides is 3. The van der Waals surface area contributed by atoms with Crippen LogP contribution in [0.2, 0.25) is 0 Å². The van der Waals surface area contributed by atoms with Gasteiger partial charge in [-0.1, -0.05) is 18.2 Å². The molecule has 2 unspecified atom stereocenters. The van der Waals surface area contributed by atoms with E-state index in [-0.39, 0.29) is 16.2 Å². The van der Waals surface area contributed by atoms with Crippen molar-refractivity contribution in [2.75, 3.05) is 19.1 Å². The van der Waals surface area contributed by atoms with E-state index in [0.717, 1.165) is 49.4 Å². The van der Waals surface area contributed by atoms with E-state index in [0.29, 0.717) is 4.90 Å². The van der Waals surface area contributed by atoms with Crippen molar-refractivity contribution < 1.29 is 35.5 Å². The molecule has 0 fully saturated rings. The van der Waals surface area contributed by atoms with E-state index in [4.69, 9.17) is 0 Å². The molecule has 0 bridgehead atoms. The summed E-state index contributed by atoms with van der Waals surface area (Å²) in [7, 11) is -2.41. The quantitative estimate of drug-likeness (QED) is 0.364. The second-order valence-corrected chi connectivity index (χ2v) is 9.44. The monoisotopic (exact) mass is 465 g/mol. The van der Waals surface area contributed by atoms with Gasteiger partial charge in [-0.25, -0.2) is 12.8 Å². The average Bonchev–Trinajstić information content (AvgIpc) is 2.67. The molecule has 2 rings (SSSR count). The molecule has 164 valence electrons. The molecule has 5 nitrogen and oxygen atoms in total. The number of rotatable bonds is 8. The predicted molar refractivity (Wildman–Crippen MR) is 104 cm³/mol. The summed E-state index contributed by atoms with van der Waals surface area (Å²) in [5.41, 5.74) is -0.262. The van der Waals surface area contributed by atoms with Crippen LogP contribution in [0, 0.1) is 5.82 Å². The van der Waals surface area contributed by atoms with Crippen LogP contribution in [0.5, 0.6) is 0 Å². The predicted octanol–water partition coefficient (Wildman–Crippen LogP) is 3.76.